The van der Waals surface area contributed by atoms with E-state index in [0.717, 1.165) is 43.4 Å². The number of nitrogens with one attached hydrogen (secondary N) is 1. The monoisotopic (exact) mass is 529 g/mol. The van der Waals surface area contributed by atoms with Crippen LogP contribution in [0.2, 0.25) is 10.0 Å². The second-order valence-electron chi connectivity index (χ2n) is 9.34. The number of hydrogen-bond acceptors (Lipinski definition) is 6. The molecule has 7 nitrogen and oxygen atoms in total. The fourth-order valence-electron chi connectivity index (χ4n) is 5.25. The van der Waals surface area contributed by atoms with E-state index in [1.807, 2.05) is 19.1 Å². The van der Waals surface area contributed by atoms with Crippen LogP contribution in [-0.4, -0.2) is 41.0 Å². The van der Waals surface area contributed by atoms with E-state index in [1.165, 1.54) is 12.4 Å². The molecule has 0 saturated heterocycles. The van der Waals surface area contributed by atoms with Crippen LogP contribution in [0, 0.1) is 11.3 Å². The van der Waals surface area contributed by atoms with E-state index in [4.69, 9.17) is 32.9 Å². The molecule has 0 bridgehead atoms. The predicted molar refractivity (Wildman–Crippen MR) is 140 cm³/mol. The van der Waals surface area contributed by atoms with Crippen LogP contribution < -0.4 is 5.32 Å². The van der Waals surface area contributed by atoms with Crippen molar-refractivity contribution in [2.24, 2.45) is 16.3 Å². The van der Waals surface area contributed by atoms with Gasteiger partial charge in [-0.1, -0.05) is 61.5 Å². The average Bonchev–Trinajstić information content (AvgIpc) is 2.87. The highest BCUT2D eigenvalue weighted by Gasteiger charge is 2.57. The SMILES string of the molecule is CCOC(=O)[C@H](Cc1ccc(NC(=O)c2c(Cl)cncc2Cl)cc1)N=C1C(C)C(=O)C12CCCCC2. The van der Waals surface area contributed by atoms with E-state index < -0.39 is 23.3 Å². The van der Waals surface area contributed by atoms with Crippen LogP contribution in [-0.2, 0) is 20.7 Å². The van der Waals surface area contributed by atoms with Gasteiger partial charge in [0.1, 0.15) is 0 Å². The van der Waals surface area contributed by atoms with Crippen LogP contribution in [0.5, 0.6) is 0 Å². The third kappa shape index (κ3) is 5.18. The molecule has 1 heterocycles. The van der Waals surface area contributed by atoms with Gasteiger partial charge < -0.3 is 10.1 Å². The lowest BCUT2D eigenvalue weighted by atomic mass is 9.53. The minimum Gasteiger partial charge on any atom is -0.464 e. The number of amides is 1. The second-order valence-corrected chi connectivity index (χ2v) is 10.2. The van der Waals surface area contributed by atoms with Crippen LogP contribution in [0.3, 0.4) is 0 Å². The van der Waals surface area contributed by atoms with Crippen molar-refractivity contribution in [1.82, 2.24) is 4.98 Å². The maximum atomic E-state index is 12.8. The van der Waals surface area contributed by atoms with E-state index in [2.05, 4.69) is 10.3 Å². The van der Waals surface area contributed by atoms with Crippen LogP contribution in [0.25, 0.3) is 0 Å². The van der Waals surface area contributed by atoms with E-state index in [-0.39, 0.29) is 33.9 Å². The highest BCUT2D eigenvalue weighted by molar-refractivity contribution is 6.40. The zero-order chi connectivity index (χ0) is 25.9. The number of anilines is 1. The number of halogens is 2. The Morgan fingerprint density at radius 1 is 1.14 bits per heavy atom. The molecule has 190 valence electrons. The Labute approximate surface area is 220 Å². The quantitative estimate of drug-likeness (QED) is 0.462. The standard InChI is InChI=1S/C27H29Cl2N3O4/c1-3-36-26(35)21(32-23-16(2)24(33)27(23)11-5-4-6-12-27)13-17-7-9-18(10-8-17)31-25(34)22-19(28)14-30-15-20(22)29/h7-10,14-16,21H,3-6,11-13H2,1-2H3,(H,31,34)/t16?,21-/m0/s1. The summed E-state index contributed by atoms with van der Waals surface area (Å²) in [4.78, 5) is 47.0. The summed E-state index contributed by atoms with van der Waals surface area (Å²) >= 11 is 12.1. The Hall–Kier alpha value is -2.77. The molecule has 2 atom stereocenters. The number of ketones is 1. The zero-order valence-electron chi connectivity index (χ0n) is 20.4. The van der Waals surface area contributed by atoms with Gasteiger partial charge in [-0.3, -0.25) is 19.6 Å². The summed E-state index contributed by atoms with van der Waals surface area (Å²) in [6.45, 7) is 3.89. The van der Waals surface area contributed by atoms with Crippen molar-refractivity contribution in [3.05, 3.63) is 57.8 Å². The number of nitrogens with zero attached hydrogens (tertiary/aromatic N) is 2. The summed E-state index contributed by atoms with van der Waals surface area (Å²) in [6, 6.07) is 6.39. The molecule has 2 aliphatic rings. The van der Waals surface area contributed by atoms with Crippen LogP contribution in [0.1, 0.15) is 61.9 Å². The predicted octanol–water partition coefficient (Wildman–Crippen LogP) is 5.73. The molecular formula is C27H29Cl2N3O4. The van der Waals surface area contributed by atoms with Gasteiger partial charge in [0.2, 0.25) is 0 Å². The van der Waals surface area contributed by atoms with Gasteiger partial charge in [-0.05, 0) is 37.5 Å². The maximum absolute atomic E-state index is 12.8. The molecule has 2 fully saturated rings. The van der Waals surface area contributed by atoms with E-state index in [9.17, 15) is 14.4 Å². The van der Waals surface area contributed by atoms with Crippen LogP contribution >= 0.6 is 23.2 Å². The number of benzene rings is 1. The smallest absolute Gasteiger partial charge is 0.331 e. The third-order valence-corrected chi connectivity index (χ3v) is 7.62. The normalized spacial score (nSPS) is 20.6. The fourth-order valence-corrected chi connectivity index (χ4v) is 5.79. The number of carbonyl (C=O) groups excluding carboxylic acids is 3. The first kappa shape index (κ1) is 26.3. The molecule has 1 amide bonds. The zero-order valence-corrected chi connectivity index (χ0v) is 21.9. The lowest BCUT2D eigenvalue weighted by Crippen LogP contribution is -2.59. The number of pyridine rings is 1. The summed E-state index contributed by atoms with van der Waals surface area (Å²) in [5, 5.41) is 3.09. The minimum atomic E-state index is -0.732. The molecule has 0 aliphatic heterocycles. The van der Waals surface area contributed by atoms with Crippen molar-refractivity contribution in [3.63, 3.8) is 0 Å². The van der Waals surface area contributed by atoms with Gasteiger partial charge in [0, 0.05) is 30.2 Å². The highest BCUT2D eigenvalue weighted by atomic mass is 35.5. The van der Waals surface area contributed by atoms with Gasteiger partial charge in [0.05, 0.1) is 33.5 Å². The number of ether oxygens (including phenoxy) is 1. The Kier molecular flexibility index (Phi) is 8.10. The van der Waals surface area contributed by atoms with Crippen molar-refractivity contribution >= 4 is 52.3 Å². The summed E-state index contributed by atoms with van der Waals surface area (Å²) in [5.41, 5.74) is 1.90. The van der Waals surface area contributed by atoms with Crippen LogP contribution in [0.15, 0.2) is 41.7 Å². The van der Waals surface area contributed by atoms with Crippen molar-refractivity contribution < 1.29 is 19.1 Å². The second kappa shape index (κ2) is 11.1. The molecule has 36 heavy (non-hydrogen) atoms. The average molecular weight is 530 g/mol. The summed E-state index contributed by atoms with van der Waals surface area (Å²) in [7, 11) is 0. The van der Waals surface area contributed by atoms with Gasteiger partial charge in [0.25, 0.3) is 5.91 Å². The first-order valence-corrected chi connectivity index (χ1v) is 13.0. The molecule has 4 rings (SSSR count). The summed E-state index contributed by atoms with van der Waals surface area (Å²) < 4.78 is 5.31. The summed E-state index contributed by atoms with van der Waals surface area (Å²) in [6.07, 6.45) is 7.80. The van der Waals surface area contributed by atoms with Gasteiger partial charge in [-0.2, -0.15) is 0 Å². The number of aliphatic imine (C=N–C) groups is 1. The molecule has 2 aromatic rings. The van der Waals surface area contributed by atoms with E-state index >= 15 is 0 Å². The van der Waals surface area contributed by atoms with Crippen molar-refractivity contribution in [2.45, 2.75) is 58.4 Å². The van der Waals surface area contributed by atoms with E-state index in [0.29, 0.717) is 12.1 Å². The molecular weight excluding hydrogens is 501 g/mol. The highest BCUT2D eigenvalue weighted by Crippen LogP contribution is 2.50. The Balaban J connectivity index is 1.51. The molecule has 1 spiro atoms. The number of esters is 1. The number of hydrogen-bond donors (Lipinski definition) is 1. The van der Waals surface area contributed by atoms with Gasteiger partial charge in [-0.25, -0.2) is 4.79 Å². The molecule has 1 N–H and O–H groups in total. The lowest BCUT2D eigenvalue weighted by molar-refractivity contribution is -0.144. The third-order valence-electron chi connectivity index (χ3n) is 7.05. The Bertz CT molecular complexity index is 1170. The van der Waals surface area contributed by atoms with Gasteiger partial charge in [0.15, 0.2) is 11.8 Å². The number of rotatable bonds is 7. The minimum absolute atomic E-state index is 0.149. The molecule has 0 radical (unpaired) electrons. The van der Waals surface area contributed by atoms with Gasteiger partial charge >= 0.3 is 5.97 Å². The van der Waals surface area contributed by atoms with Crippen molar-refractivity contribution in [3.8, 4) is 0 Å². The molecule has 1 aromatic heterocycles. The Morgan fingerprint density at radius 3 is 2.39 bits per heavy atom. The summed E-state index contributed by atoms with van der Waals surface area (Å²) in [5.74, 6) is -0.860. The van der Waals surface area contributed by atoms with Crippen molar-refractivity contribution in [1.29, 1.82) is 0 Å². The molecule has 2 aliphatic carbocycles. The first-order valence-electron chi connectivity index (χ1n) is 12.2. The molecule has 1 unspecified atom stereocenters. The van der Waals surface area contributed by atoms with Gasteiger partial charge in [-0.15, -0.1) is 0 Å². The van der Waals surface area contributed by atoms with E-state index in [1.54, 1.807) is 19.1 Å². The first-order chi connectivity index (χ1) is 17.3. The number of Topliss-reactive ketones (excluding diaryl/α,β-unsaturated/α-hetero) is 1. The molecule has 2 saturated carbocycles. The molecule has 9 heteroatoms. The van der Waals surface area contributed by atoms with Crippen LogP contribution in [0.4, 0.5) is 5.69 Å². The fraction of sp³-hybridized carbons (Fsp3) is 0.444. The largest absolute Gasteiger partial charge is 0.464 e. The maximum Gasteiger partial charge on any atom is 0.331 e. The molecule has 1 aromatic carbocycles. The topological polar surface area (TPSA) is 97.7 Å². The lowest BCUT2D eigenvalue weighted by Gasteiger charge is -2.49. The number of aromatic nitrogens is 1. The number of carbonyl (C=O) groups is 3. The van der Waals surface area contributed by atoms with Crippen molar-refractivity contribution in [2.75, 3.05) is 11.9 Å². The Morgan fingerprint density at radius 2 is 1.78 bits per heavy atom.